The van der Waals surface area contributed by atoms with Gasteiger partial charge >= 0.3 is 0 Å². The molecule has 2 aromatic rings. The molecule has 5 amide bonds. The molecule has 1 fully saturated rings. The van der Waals surface area contributed by atoms with E-state index < -0.39 is 11.9 Å². The number of nitrogens with one attached hydrogen (secondary N) is 2. The van der Waals surface area contributed by atoms with Crippen LogP contribution in [0.4, 0.5) is 0 Å². The first kappa shape index (κ1) is 34.6. The second-order valence-corrected chi connectivity index (χ2v) is 12.5. The molecule has 2 N–H and O–H groups in total. The van der Waals surface area contributed by atoms with Gasteiger partial charge in [0.2, 0.25) is 23.6 Å². The van der Waals surface area contributed by atoms with Crippen molar-refractivity contribution in [3.8, 4) is 5.75 Å². The van der Waals surface area contributed by atoms with Gasteiger partial charge in [-0.15, -0.1) is 0 Å². The second kappa shape index (κ2) is 15.8. The fourth-order valence-corrected chi connectivity index (χ4v) is 5.84. The lowest BCUT2D eigenvalue weighted by molar-refractivity contribution is -0.140. The third-order valence-corrected chi connectivity index (χ3v) is 8.57. The maximum absolute atomic E-state index is 13.7. The van der Waals surface area contributed by atoms with Gasteiger partial charge in [0.1, 0.15) is 29.6 Å². The van der Waals surface area contributed by atoms with E-state index in [2.05, 4.69) is 15.6 Å². The number of nitrogens with zero attached hydrogens (tertiary/aromatic N) is 5. The topological polar surface area (TPSA) is 144 Å². The molecule has 0 aliphatic carbocycles. The van der Waals surface area contributed by atoms with Gasteiger partial charge in [0.25, 0.3) is 5.91 Å². The van der Waals surface area contributed by atoms with E-state index >= 15 is 0 Å². The molecule has 1 saturated heterocycles. The molecule has 2 aliphatic heterocycles. The number of rotatable bonds is 8. The summed E-state index contributed by atoms with van der Waals surface area (Å²) in [6.45, 7) is 3.28. The minimum absolute atomic E-state index is 0.0505. The summed E-state index contributed by atoms with van der Waals surface area (Å²) in [7, 11) is 6.87. The Bertz CT molecular complexity index is 1430. The van der Waals surface area contributed by atoms with E-state index in [1.54, 1.807) is 30.1 Å². The Hall–Kier alpha value is -4.26. The minimum atomic E-state index is -0.942. The third kappa shape index (κ3) is 8.71. The molecule has 0 spiro atoms. The lowest BCUT2D eigenvalue weighted by atomic mass is 10.1. The SMILES string of the molecule is CCCCC(=O)N[C@H]1C[C@H]2COc3cccc4ccc(nc34)C(=O)N(C)[C@H](C(=O)NCCN(C)C)CCC(=O)N(C)CC(=O)N2C1. The number of amides is 5. The van der Waals surface area contributed by atoms with Crippen LogP contribution in [-0.2, 0) is 19.2 Å². The zero-order valence-electron chi connectivity index (χ0n) is 27.6. The van der Waals surface area contributed by atoms with Crippen molar-refractivity contribution in [2.24, 2.45) is 0 Å². The summed E-state index contributed by atoms with van der Waals surface area (Å²) < 4.78 is 6.27. The van der Waals surface area contributed by atoms with Crippen molar-refractivity contribution < 1.29 is 28.7 Å². The molecule has 4 rings (SSSR count). The van der Waals surface area contributed by atoms with E-state index in [4.69, 9.17) is 4.74 Å². The number of para-hydroxylation sites is 1. The number of pyridine rings is 1. The van der Waals surface area contributed by atoms with Crippen LogP contribution in [0.15, 0.2) is 30.3 Å². The van der Waals surface area contributed by atoms with Crippen molar-refractivity contribution in [1.82, 2.24) is 35.2 Å². The van der Waals surface area contributed by atoms with Gasteiger partial charge in [0.15, 0.2) is 0 Å². The molecule has 1 aromatic heterocycles. The van der Waals surface area contributed by atoms with E-state index in [-0.39, 0.29) is 67.4 Å². The number of benzene rings is 1. The van der Waals surface area contributed by atoms with Gasteiger partial charge in [-0.25, -0.2) is 4.98 Å². The van der Waals surface area contributed by atoms with E-state index in [9.17, 15) is 24.0 Å². The number of fused-ring (bicyclic) bond motifs is 2. The molecule has 46 heavy (non-hydrogen) atoms. The van der Waals surface area contributed by atoms with Crippen LogP contribution in [0.3, 0.4) is 0 Å². The number of likely N-dealkylation sites (N-methyl/N-ethyl adjacent to an activating group) is 3. The van der Waals surface area contributed by atoms with Crippen LogP contribution in [0, 0.1) is 0 Å². The summed E-state index contributed by atoms with van der Waals surface area (Å²) in [5.41, 5.74) is 0.616. The lowest BCUT2D eigenvalue weighted by Crippen LogP contribution is -2.49. The average Bonchev–Trinajstić information content (AvgIpc) is 3.43. The van der Waals surface area contributed by atoms with Crippen LogP contribution in [-0.4, -0.2) is 133 Å². The molecule has 250 valence electrons. The van der Waals surface area contributed by atoms with Crippen LogP contribution in [0.2, 0.25) is 0 Å². The Kier molecular flexibility index (Phi) is 11.9. The Morgan fingerprint density at radius 2 is 1.87 bits per heavy atom. The monoisotopic (exact) mass is 637 g/mol. The Labute approximate surface area is 270 Å². The zero-order valence-corrected chi connectivity index (χ0v) is 27.6. The van der Waals surface area contributed by atoms with E-state index in [1.165, 1.54) is 16.8 Å². The molecule has 3 atom stereocenters. The molecule has 0 saturated carbocycles. The number of carbonyl (C=O) groups excluding carboxylic acids is 5. The maximum Gasteiger partial charge on any atom is 0.272 e. The van der Waals surface area contributed by atoms with Crippen molar-refractivity contribution in [3.05, 3.63) is 36.0 Å². The number of hydrogen-bond donors (Lipinski definition) is 2. The fourth-order valence-electron chi connectivity index (χ4n) is 5.84. The molecule has 1 aromatic carbocycles. The summed E-state index contributed by atoms with van der Waals surface area (Å²) in [5.74, 6) is -1.03. The van der Waals surface area contributed by atoms with Gasteiger partial charge in [0.05, 0.1) is 12.6 Å². The number of ether oxygens (including phenoxy) is 1. The zero-order chi connectivity index (χ0) is 33.4. The average molecular weight is 638 g/mol. The van der Waals surface area contributed by atoms with Crippen LogP contribution in [0.1, 0.15) is 55.9 Å². The normalized spacial score (nSPS) is 21.4. The molecule has 2 bridgehead atoms. The third-order valence-electron chi connectivity index (χ3n) is 8.57. The predicted molar refractivity (Wildman–Crippen MR) is 173 cm³/mol. The van der Waals surface area contributed by atoms with Gasteiger partial charge in [-0.2, -0.15) is 0 Å². The van der Waals surface area contributed by atoms with Crippen LogP contribution in [0.5, 0.6) is 5.75 Å². The van der Waals surface area contributed by atoms with Crippen molar-refractivity contribution in [2.75, 3.05) is 61.0 Å². The molecule has 0 radical (unpaired) electrons. The number of unbranched alkanes of at least 4 members (excludes halogenated alkanes) is 1. The number of hydrogen-bond acceptors (Lipinski definition) is 8. The highest BCUT2D eigenvalue weighted by molar-refractivity contribution is 5.98. The molecule has 3 heterocycles. The van der Waals surface area contributed by atoms with E-state index in [1.807, 2.05) is 38.1 Å². The lowest BCUT2D eigenvalue weighted by Gasteiger charge is -2.29. The first-order chi connectivity index (χ1) is 22.0. The van der Waals surface area contributed by atoms with Gasteiger partial charge in [0, 0.05) is 58.0 Å². The van der Waals surface area contributed by atoms with Gasteiger partial charge < -0.3 is 35.0 Å². The number of carbonyl (C=O) groups is 5. The molecule has 13 nitrogen and oxygen atoms in total. The van der Waals surface area contributed by atoms with Crippen molar-refractivity contribution in [1.29, 1.82) is 0 Å². The van der Waals surface area contributed by atoms with Crippen molar-refractivity contribution in [3.63, 3.8) is 0 Å². The summed E-state index contributed by atoms with van der Waals surface area (Å²) in [6.07, 6.45) is 2.63. The molecular weight excluding hydrogens is 590 g/mol. The molecular formula is C33H47N7O6. The fraction of sp³-hybridized carbons (Fsp3) is 0.576. The minimum Gasteiger partial charge on any atom is -0.489 e. The van der Waals surface area contributed by atoms with Crippen molar-refractivity contribution in [2.45, 2.75) is 63.6 Å². The second-order valence-electron chi connectivity index (χ2n) is 12.5. The van der Waals surface area contributed by atoms with Crippen LogP contribution >= 0.6 is 0 Å². The smallest absolute Gasteiger partial charge is 0.272 e. The largest absolute Gasteiger partial charge is 0.489 e. The van der Waals surface area contributed by atoms with Crippen LogP contribution in [0.25, 0.3) is 10.9 Å². The quantitative estimate of drug-likeness (QED) is 0.441. The summed E-state index contributed by atoms with van der Waals surface area (Å²) in [6, 6.07) is 7.31. The Morgan fingerprint density at radius 1 is 1.09 bits per heavy atom. The highest BCUT2D eigenvalue weighted by Crippen LogP contribution is 2.27. The standard InChI is InChI=1S/C33H47N7O6/c1-6-7-11-28(41)35-23-18-24-21-46-27-10-8-9-22-12-13-25(36-31(22)27)33(45)39(5)26(32(44)34-16-17-37(2)3)14-15-29(42)38(4)20-30(43)40(24)19-23/h8-10,12-13,23-24,26H,6-7,11,14-21H2,1-5H3,(H,34,44)(H,35,41)/t23-,24-,26-/m0/s1. The van der Waals surface area contributed by atoms with Gasteiger partial charge in [-0.05, 0) is 45.5 Å². The summed E-state index contributed by atoms with van der Waals surface area (Å²) in [5, 5.41) is 6.70. The number of aromatic nitrogens is 1. The molecule has 0 unspecified atom stereocenters. The first-order valence-electron chi connectivity index (χ1n) is 16.0. The first-order valence-corrected chi connectivity index (χ1v) is 16.0. The van der Waals surface area contributed by atoms with E-state index in [0.29, 0.717) is 43.7 Å². The Balaban J connectivity index is 1.65. The van der Waals surface area contributed by atoms with Gasteiger partial charge in [-0.1, -0.05) is 31.5 Å². The highest BCUT2D eigenvalue weighted by Gasteiger charge is 2.37. The van der Waals surface area contributed by atoms with Crippen molar-refractivity contribution >= 4 is 40.4 Å². The van der Waals surface area contributed by atoms with Crippen LogP contribution < -0.4 is 15.4 Å². The highest BCUT2D eigenvalue weighted by atomic mass is 16.5. The van der Waals surface area contributed by atoms with Gasteiger partial charge in [-0.3, -0.25) is 24.0 Å². The maximum atomic E-state index is 13.7. The molecule has 2 aliphatic rings. The predicted octanol–water partition coefficient (Wildman–Crippen LogP) is 1.26. The van der Waals surface area contributed by atoms with E-state index in [0.717, 1.165) is 18.2 Å². The summed E-state index contributed by atoms with van der Waals surface area (Å²) >= 11 is 0. The Morgan fingerprint density at radius 3 is 2.61 bits per heavy atom. The molecule has 13 heteroatoms. The summed E-state index contributed by atoms with van der Waals surface area (Å²) in [4.78, 5) is 77.4.